The molecule has 0 saturated carbocycles. The Balaban J connectivity index is 1.79. The smallest absolute Gasteiger partial charge is 0.363 e. The van der Waals surface area contributed by atoms with Gasteiger partial charge in [0.05, 0.1) is 0 Å². The largest absolute Gasteiger partial charge is 0.490 e. The van der Waals surface area contributed by atoms with Gasteiger partial charge in [-0.1, -0.05) is 57.7 Å². The predicted octanol–water partition coefficient (Wildman–Crippen LogP) is 4.89. The Hall–Kier alpha value is -3.14. The number of hydrogen-bond donors (Lipinski definition) is 0. The molecule has 0 amide bonds. The SMILES string of the molecule is C=CCOc1ccc(/C=C2\N=C(c3ccc(C(C)(C)C)cc3)OC2=O)cc1. The van der Waals surface area contributed by atoms with Crippen LogP contribution in [0.5, 0.6) is 5.75 Å². The molecule has 0 aliphatic carbocycles. The van der Waals surface area contributed by atoms with Gasteiger partial charge in [0.1, 0.15) is 12.4 Å². The van der Waals surface area contributed by atoms with Crippen LogP contribution in [0.2, 0.25) is 0 Å². The third-order valence-corrected chi connectivity index (χ3v) is 4.17. The second kappa shape index (κ2) is 7.62. The summed E-state index contributed by atoms with van der Waals surface area (Å²) in [6, 6.07) is 15.3. The van der Waals surface area contributed by atoms with Crippen LogP contribution < -0.4 is 4.74 Å². The van der Waals surface area contributed by atoms with Crippen LogP contribution in [0.3, 0.4) is 0 Å². The molecule has 0 atom stereocenters. The van der Waals surface area contributed by atoms with Crippen molar-refractivity contribution in [2.45, 2.75) is 26.2 Å². The molecule has 0 saturated heterocycles. The Morgan fingerprint density at radius 2 is 1.74 bits per heavy atom. The maximum atomic E-state index is 12.2. The molecule has 0 spiro atoms. The van der Waals surface area contributed by atoms with Gasteiger partial charge >= 0.3 is 5.97 Å². The maximum absolute atomic E-state index is 12.2. The molecule has 138 valence electrons. The van der Waals surface area contributed by atoms with Crippen molar-refractivity contribution >= 4 is 17.9 Å². The van der Waals surface area contributed by atoms with Gasteiger partial charge in [0, 0.05) is 5.56 Å². The zero-order valence-corrected chi connectivity index (χ0v) is 15.9. The second-order valence-electron chi connectivity index (χ2n) is 7.33. The summed E-state index contributed by atoms with van der Waals surface area (Å²) in [7, 11) is 0. The standard InChI is InChI=1S/C23H23NO3/c1-5-14-26-19-12-6-16(7-13-19)15-20-22(25)27-21(24-20)17-8-10-18(11-9-17)23(2,3)4/h5-13,15H,1,14H2,2-4H3/b20-15-. The van der Waals surface area contributed by atoms with Crippen LogP contribution in [-0.2, 0) is 14.9 Å². The number of rotatable bonds is 5. The van der Waals surface area contributed by atoms with E-state index in [0.717, 1.165) is 16.9 Å². The minimum Gasteiger partial charge on any atom is -0.490 e. The lowest BCUT2D eigenvalue weighted by atomic mass is 9.87. The van der Waals surface area contributed by atoms with Crippen LogP contribution in [0.15, 0.2) is 71.9 Å². The quantitative estimate of drug-likeness (QED) is 0.433. The molecule has 27 heavy (non-hydrogen) atoms. The van der Waals surface area contributed by atoms with Crippen molar-refractivity contribution in [2.75, 3.05) is 6.61 Å². The molecule has 2 aromatic rings. The second-order valence-corrected chi connectivity index (χ2v) is 7.33. The molecule has 4 heteroatoms. The zero-order chi connectivity index (χ0) is 19.4. The topological polar surface area (TPSA) is 47.9 Å². The summed E-state index contributed by atoms with van der Waals surface area (Å²) < 4.78 is 10.8. The molecular formula is C23H23NO3. The first kappa shape index (κ1) is 18.6. The molecule has 1 aliphatic heterocycles. The fourth-order valence-corrected chi connectivity index (χ4v) is 2.62. The van der Waals surface area contributed by atoms with Crippen LogP contribution in [0.25, 0.3) is 6.08 Å². The summed E-state index contributed by atoms with van der Waals surface area (Å²) in [4.78, 5) is 16.5. The molecular weight excluding hydrogens is 338 g/mol. The Bertz CT molecular complexity index is 898. The first-order valence-electron chi connectivity index (χ1n) is 8.84. The number of carbonyl (C=O) groups is 1. The van der Waals surface area contributed by atoms with Crippen molar-refractivity contribution in [3.8, 4) is 5.75 Å². The summed E-state index contributed by atoms with van der Waals surface area (Å²) in [6.45, 7) is 10.5. The molecule has 2 aromatic carbocycles. The number of nitrogens with zero attached hydrogens (tertiary/aromatic N) is 1. The van der Waals surface area contributed by atoms with E-state index in [-0.39, 0.29) is 11.1 Å². The van der Waals surface area contributed by atoms with E-state index in [9.17, 15) is 4.79 Å². The first-order chi connectivity index (χ1) is 12.9. The molecule has 0 aromatic heterocycles. The van der Waals surface area contributed by atoms with Crippen molar-refractivity contribution in [3.63, 3.8) is 0 Å². The Morgan fingerprint density at radius 3 is 2.33 bits per heavy atom. The highest BCUT2D eigenvalue weighted by Crippen LogP contribution is 2.24. The molecule has 0 fully saturated rings. The minimum atomic E-state index is -0.447. The highest BCUT2D eigenvalue weighted by Gasteiger charge is 2.24. The number of hydrogen-bond acceptors (Lipinski definition) is 4. The van der Waals surface area contributed by atoms with E-state index >= 15 is 0 Å². The van der Waals surface area contributed by atoms with Gasteiger partial charge in [0.25, 0.3) is 0 Å². The monoisotopic (exact) mass is 361 g/mol. The molecule has 0 N–H and O–H groups in total. The van der Waals surface area contributed by atoms with E-state index in [1.165, 1.54) is 5.56 Å². The average Bonchev–Trinajstić information content (AvgIpc) is 3.01. The summed E-state index contributed by atoms with van der Waals surface area (Å²) in [6.07, 6.45) is 3.39. The minimum absolute atomic E-state index is 0.0688. The van der Waals surface area contributed by atoms with Gasteiger partial charge in [-0.2, -0.15) is 0 Å². The normalized spacial score (nSPS) is 15.4. The fraction of sp³-hybridized carbons (Fsp3) is 0.217. The van der Waals surface area contributed by atoms with Crippen molar-refractivity contribution in [1.29, 1.82) is 0 Å². The third-order valence-electron chi connectivity index (χ3n) is 4.17. The van der Waals surface area contributed by atoms with Gasteiger partial charge in [0.2, 0.25) is 5.90 Å². The molecule has 4 nitrogen and oxygen atoms in total. The van der Waals surface area contributed by atoms with Gasteiger partial charge in [-0.25, -0.2) is 9.79 Å². The Labute approximate surface area is 159 Å². The molecule has 0 radical (unpaired) electrons. The van der Waals surface area contributed by atoms with Gasteiger partial charge in [-0.3, -0.25) is 0 Å². The van der Waals surface area contributed by atoms with E-state index in [1.807, 2.05) is 48.5 Å². The Morgan fingerprint density at radius 1 is 1.07 bits per heavy atom. The number of benzene rings is 2. The van der Waals surface area contributed by atoms with E-state index in [1.54, 1.807) is 12.2 Å². The van der Waals surface area contributed by atoms with Crippen LogP contribution in [0.1, 0.15) is 37.5 Å². The lowest BCUT2D eigenvalue weighted by molar-refractivity contribution is -0.129. The van der Waals surface area contributed by atoms with Gasteiger partial charge in [0.15, 0.2) is 5.70 Å². The summed E-state index contributed by atoms with van der Waals surface area (Å²) in [5.41, 5.74) is 3.20. The van der Waals surface area contributed by atoms with Crippen LogP contribution in [0, 0.1) is 0 Å². The summed E-state index contributed by atoms with van der Waals surface area (Å²) >= 11 is 0. The number of ether oxygens (including phenoxy) is 2. The van der Waals surface area contributed by atoms with Crippen molar-refractivity contribution in [2.24, 2.45) is 4.99 Å². The first-order valence-corrected chi connectivity index (χ1v) is 8.84. The van der Waals surface area contributed by atoms with Crippen LogP contribution >= 0.6 is 0 Å². The van der Waals surface area contributed by atoms with Crippen molar-refractivity contribution in [3.05, 3.63) is 83.6 Å². The molecule has 0 unspecified atom stereocenters. The van der Waals surface area contributed by atoms with E-state index < -0.39 is 5.97 Å². The number of cyclic esters (lactones) is 1. The Kier molecular flexibility index (Phi) is 5.26. The van der Waals surface area contributed by atoms with E-state index in [2.05, 4.69) is 32.3 Å². The zero-order valence-electron chi connectivity index (χ0n) is 15.9. The predicted molar refractivity (Wildman–Crippen MR) is 108 cm³/mol. The van der Waals surface area contributed by atoms with Gasteiger partial charge in [-0.05, 0) is 46.9 Å². The van der Waals surface area contributed by atoms with Crippen LogP contribution in [0.4, 0.5) is 0 Å². The van der Waals surface area contributed by atoms with Crippen molar-refractivity contribution < 1.29 is 14.3 Å². The van der Waals surface area contributed by atoms with Gasteiger partial charge in [-0.15, -0.1) is 0 Å². The highest BCUT2D eigenvalue weighted by molar-refractivity contribution is 6.12. The third kappa shape index (κ3) is 4.53. The molecule has 0 bridgehead atoms. The van der Waals surface area contributed by atoms with Gasteiger partial charge < -0.3 is 9.47 Å². The average molecular weight is 361 g/mol. The molecule has 1 heterocycles. The fourth-order valence-electron chi connectivity index (χ4n) is 2.62. The lowest BCUT2D eigenvalue weighted by Gasteiger charge is -2.18. The van der Waals surface area contributed by atoms with Crippen molar-refractivity contribution in [1.82, 2.24) is 0 Å². The van der Waals surface area contributed by atoms with E-state index in [0.29, 0.717) is 12.5 Å². The summed E-state index contributed by atoms with van der Waals surface area (Å²) in [5, 5.41) is 0. The highest BCUT2D eigenvalue weighted by atomic mass is 16.6. The number of carbonyl (C=O) groups excluding carboxylic acids is 1. The molecule has 1 aliphatic rings. The molecule has 3 rings (SSSR count). The van der Waals surface area contributed by atoms with Crippen LogP contribution in [-0.4, -0.2) is 18.5 Å². The number of aliphatic imine (C=N–C) groups is 1. The summed E-state index contributed by atoms with van der Waals surface area (Å²) in [5.74, 6) is 0.628. The van der Waals surface area contributed by atoms with E-state index in [4.69, 9.17) is 9.47 Å². The lowest BCUT2D eigenvalue weighted by Crippen LogP contribution is -2.11. The number of esters is 1. The maximum Gasteiger partial charge on any atom is 0.363 e.